The minimum atomic E-state index is -0.386. The predicted octanol–water partition coefficient (Wildman–Crippen LogP) is 3.40. The van der Waals surface area contributed by atoms with Crippen molar-refractivity contribution in [2.24, 2.45) is 11.8 Å². The van der Waals surface area contributed by atoms with Gasteiger partial charge in [0.15, 0.2) is 0 Å². The van der Waals surface area contributed by atoms with Crippen LogP contribution in [0, 0.1) is 11.8 Å². The van der Waals surface area contributed by atoms with Gasteiger partial charge >= 0.3 is 6.03 Å². The van der Waals surface area contributed by atoms with Gasteiger partial charge in [0, 0.05) is 42.7 Å². The van der Waals surface area contributed by atoms with E-state index in [1.54, 1.807) is 22.9 Å². The highest BCUT2D eigenvalue weighted by molar-refractivity contribution is 5.93. The van der Waals surface area contributed by atoms with E-state index in [1.165, 1.54) is 6.42 Å². The van der Waals surface area contributed by atoms with Crippen molar-refractivity contribution >= 4 is 23.5 Å². The number of hydrogen-bond donors (Lipinski definition) is 3. The number of aliphatic hydroxyl groups is 1. The zero-order valence-electron chi connectivity index (χ0n) is 23.0. The third kappa shape index (κ3) is 7.84. The van der Waals surface area contributed by atoms with Crippen LogP contribution in [-0.4, -0.2) is 77.7 Å². The monoisotopic (exact) mass is 516 g/mol. The molecule has 9 nitrogen and oxygen atoms in total. The predicted molar refractivity (Wildman–Crippen MR) is 143 cm³/mol. The smallest absolute Gasteiger partial charge is 0.317 e. The fourth-order valence-corrected chi connectivity index (χ4v) is 5.04. The number of carbonyl (C=O) groups is 3. The normalized spacial score (nSPS) is 21.7. The van der Waals surface area contributed by atoms with Crippen molar-refractivity contribution < 1.29 is 24.2 Å². The molecule has 0 unspecified atom stereocenters. The molecule has 4 amide bonds. The Morgan fingerprint density at radius 3 is 2.54 bits per heavy atom. The van der Waals surface area contributed by atoms with Gasteiger partial charge in [-0.05, 0) is 51.8 Å². The number of ether oxygens (including phenoxy) is 1. The first-order valence-corrected chi connectivity index (χ1v) is 13.6. The number of fused-ring (bicyclic) bond motifs is 1. The Labute approximate surface area is 220 Å². The Morgan fingerprint density at radius 2 is 1.89 bits per heavy atom. The van der Waals surface area contributed by atoms with E-state index in [1.807, 2.05) is 39.8 Å². The zero-order valence-corrected chi connectivity index (χ0v) is 23.0. The number of hydrogen-bond acceptors (Lipinski definition) is 5. The molecule has 3 N–H and O–H groups in total. The molecule has 0 saturated heterocycles. The van der Waals surface area contributed by atoms with Crippen molar-refractivity contribution in [2.75, 3.05) is 32.1 Å². The summed E-state index contributed by atoms with van der Waals surface area (Å²) in [5.74, 6) is 0.395. The second-order valence-corrected chi connectivity index (χ2v) is 11.0. The molecule has 3 rings (SSSR count). The van der Waals surface area contributed by atoms with Gasteiger partial charge in [0.05, 0.1) is 25.6 Å². The lowest BCUT2D eigenvalue weighted by Crippen LogP contribution is -2.49. The Bertz CT molecular complexity index is 947. The second kappa shape index (κ2) is 13.1. The fraction of sp³-hybridized carbons (Fsp3) is 0.679. The van der Waals surface area contributed by atoms with Gasteiger partial charge in [0.2, 0.25) is 11.8 Å². The van der Waals surface area contributed by atoms with E-state index in [4.69, 9.17) is 4.74 Å². The standard InChI is InChI=1S/C28H44N4O5/c1-18(2)29-28(36)31(5)16-25-19(3)15-32(20(4)17-33)26(34)14-22-13-23(11-12-24(22)37-25)30-27(35)21-9-7-6-8-10-21/h11-13,18-21,25,33H,6-10,14-17H2,1-5H3,(H,29,36)(H,30,35)/t19-,20+,25-/m0/s1. The summed E-state index contributed by atoms with van der Waals surface area (Å²) in [6.07, 6.45) is 4.85. The molecule has 1 fully saturated rings. The van der Waals surface area contributed by atoms with Gasteiger partial charge in [0.1, 0.15) is 11.9 Å². The van der Waals surface area contributed by atoms with E-state index < -0.39 is 0 Å². The Balaban J connectivity index is 1.87. The molecule has 3 atom stereocenters. The van der Waals surface area contributed by atoms with Crippen LogP contribution in [0.1, 0.15) is 65.4 Å². The van der Waals surface area contributed by atoms with Crippen LogP contribution in [0.2, 0.25) is 0 Å². The number of likely N-dealkylation sites (N-methyl/N-ethyl adjacent to an activating group) is 1. The first kappa shape index (κ1) is 28.8. The quantitative estimate of drug-likeness (QED) is 0.514. The number of amides is 4. The highest BCUT2D eigenvalue weighted by Gasteiger charge is 2.32. The lowest BCUT2D eigenvalue weighted by molar-refractivity contribution is -0.134. The molecule has 0 bridgehead atoms. The first-order valence-electron chi connectivity index (χ1n) is 13.6. The highest BCUT2D eigenvalue weighted by atomic mass is 16.5. The van der Waals surface area contributed by atoms with Crippen LogP contribution in [-0.2, 0) is 16.0 Å². The van der Waals surface area contributed by atoms with E-state index in [-0.39, 0.29) is 60.9 Å². The molecule has 0 radical (unpaired) electrons. The minimum Gasteiger partial charge on any atom is -0.488 e. The van der Waals surface area contributed by atoms with Crippen LogP contribution < -0.4 is 15.4 Å². The molecular weight excluding hydrogens is 472 g/mol. The number of nitrogens with zero attached hydrogens (tertiary/aromatic N) is 2. The molecule has 0 aromatic heterocycles. The average Bonchev–Trinajstić information content (AvgIpc) is 2.91. The van der Waals surface area contributed by atoms with Crippen molar-refractivity contribution in [3.63, 3.8) is 0 Å². The van der Waals surface area contributed by atoms with Crippen LogP contribution in [0.5, 0.6) is 5.75 Å². The lowest BCUT2D eigenvalue weighted by Gasteiger charge is -2.34. The molecule has 9 heteroatoms. The molecule has 1 aliphatic carbocycles. The summed E-state index contributed by atoms with van der Waals surface area (Å²) in [7, 11) is 1.73. The summed E-state index contributed by atoms with van der Waals surface area (Å²) in [5.41, 5.74) is 1.32. The van der Waals surface area contributed by atoms with E-state index in [9.17, 15) is 19.5 Å². The van der Waals surface area contributed by atoms with Crippen LogP contribution in [0.25, 0.3) is 0 Å². The molecule has 37 heavy (non-hydrogen) atoms. The van der Waals surface area contributed by atoms with Gasteiger partial charge in [-0.2, -0.15) is 0 Å². The van der Waals surface area contributed by atoms with Crippen molar-refractivity contribution in [2.45, 2.75) is 84.4 Å². The van der Waals surface area contributed by atoms with Crippen molar-refractivity contribution in [1.82, 2.24) is 15.1 Å². The molecule has 0 spiro atoms. The van der Waals surface area contributed by atoms with Crippen molar-refractivity contribution in [3.05, 3.63) is 23.8 Å². The van der Waals surface area contributed by atoms with Crippen LogP contribution in [0.15, 0.2) is 18.2 Å². The van der Waals surface area contributed by atoms with E-state index in [0.717, 1.165) is 25.7 Å². The number of aliphatic hydroxyl groups excluding tert-OH is 1. The van der Waals surface area contributed by atoms with E-state index in [2.05, 4.69) is 10.6 Å². The number of rotatable bonds is 7. The Hall–Kier alpha value is -2.81. The molecule has 2 aliphatic rings. The maximum Gasteiger partial charge on any atom is 0.317 e. The van der Waals surface area contributed by atoms with Gasteiger partial charge in [-0.15, -0.1) is 0 Å². The molecule has 1 heterocycles. The number of carbonyl (C=O) groups excluding carboxylic acids is 3. The van der Waals surface area contributed by atoms with Crippen LogP contribution in [0.3, 0.4) is 0 Å². The van der Waals surface area contributed by atoms with Crippen LogP contribution in [0.4, 0.5) is 10.5 Å². The summed E-state index contributed by atoms with van der Waals surface area (Å²) >= 11 is 0. The summed E-state index contributed by atoms with van der Waals surface area (Å²) < 4.78 is 6.47. The summed E-state index contributed by atoms with van der Waals surface area (Å²) in [6.45, 7) is 8.20. The minimum absolute atomic E-state index is 0.00955. The molecule has 1 aromatic rings. The van der Waals surface area contributed by atoms with Crippen molar-refractivity contribution in [3.8, 4) is 5.75 Å². The maximum absolute atomic E-state index is 13.4. The molecule has 1 saturated carbocycles. The maximum atomic E-state index is 13.4. The highest BCUT2D eigenvalue weighted by Crippen LogP contribution is 2.30. The third-order valence-corrected chi connectivity index (χ3v) is 7.37. The second-order valence-electron chi connectivity index (χ2n) is 11.0. The summed E-state index contributed by atoms with van der Waals surface area (Å²) in [6, 6.07) is 4.90. The van der Waals surface area contributed by atoms with Crippen LogP contribution >= 0.6 is 0 Å². The molecular formula is C28H44N4O5. The number of nitrogens with one attached hydrogen (secondary N) is 2. The third-order valence-electron chi connectivity index (χ3n) is 7.37. The van der Waals surface area contributed by atoms with Gasteiger partial charge in [-0.3, -0.25) is 9.59 Å². The van der Waals surface area contributed by atoms with E-state index in [0.29, 0.717) is 30.1 Å². The van der Waals surface area contributed by atoms with Crippen molar-refractivity contribution in [1.29, 1.82) is 0 Å². The first-order chi connectivity index (χ1) is 17.6. The summed E-state index contributed by atoms with van der Waals surface area (Å²) in [5, 5.41) is 15.8. The molecule has 1 aliphatic heterocycles. The zero-order chi connectivity index (χ0) is 27.1. The Morgan fingerprint density at radius 1 is 1.19 bits per heavy atom. The van der Waals surface area contributed by atoms with Gasteiger partial charge in [0.25, 0.3) is 0 Å². The largest absolute Gasteiger partial charge is 0.488 e. The summed E-state index contributed by atoms with van der Waals surface area (Å²) in [4.78, 5) is 42.1. The SMILES string of the molecule is CC(C)NC(=O)N(C)C[C@@H]1Oc2ccc(NC(=O)C3CCCCC3)cc2CC(=O)N([C@H](C)CO)C[C@@H]1C. The van der Waals surface area contributed by atoms with Gasteiger partial charge in [-0.25, -0.2) is 4.79 Å². The van der Waals surface area contributed by atoms with Gasteiger partial charge in [-0.1, -0.05) is 26.2 Å². The van der Waals surface area contributed by atoms with Gasteiger partial charge < -0.3 is 30.3 Å². The Kier molecular flexibility index (Phi) is 10.2. The number of anilines is 1. The average molecular weight is 517 g/mol. The molecule has 1 aromatic carbocycles. The lowest BCUT2D eigenvalue weighted by atomic mass is 9.88. The molecule has 206 valence electrons. The van der Waals surface area contributed by atoms with E-state index >= 15 is 0 Å². The fourth-order valence-electron chi connectivity index (χ4n) is 5.04. The number of benzene rings is 1. The number of urea groups is 1. The topological polar surface area (TPSA) is 111 Å².